The van der Waals surface area contributed by atoms with Crippen LogP contribution in [0.4, 0.5) is 0 Å². The number of benzene rings is 1. The highest BCUT2D eigenvalue weighted by Crippen LogP contribution is 2.34. The molecule has 100 valence electrons. The third-order valence-corrected chi connectivity index (χ3v) is 7.68. The number of alkyl halides is 1. The standard InChI is InChI=1S/C13H17BrO3S/c1-4-13(14,18(16,17)5-2)12(15)11-9-7-6-8-10(11)3/h6-9H,4-5H2,1-3H3/t13-/m0/s1. The number of carbonyl (C=O) groups is 1. The highest BCUT2D eigenvalue weighted by molar-refractivity contribution is 9.12. The quantitative estimate of drug-likeness (QED) is 0.614. The van der Waals surface area contributed by atoms with Gasteiger partial charge in [0.05, 0.1) is 0 Å². The van der Waals surface area contributed by atoms with Gasteiger partial charge in [-0.15, -0.1) is 0 Å². The molecule has 0 bridgehead atoms. The lowest BCUT2D eigenvalue weighted by atomic mass is 10.0. The van der Waals surface area contributed by atoms with E-state index >= 15 is 0 Å². The summed E-state index contributed by atoms with van der Waals surface area (Å²) in [6.07, 6.45) is 0.205. The van der Waals surface area contributed by atoms with Crippen LogP contribution in [0.3, 0.4) is 0 Å². The van der Waals surface area contributed by atoms with E-state index in [1.807, 2.05) is 6.07 Å². The molecule has 1 aromatic rings. The van der Waals surface area contributed by atoms with E-state index in [0.29, 0.717) is 5.56 Å². The maximum absolute atomic E-state index is 12.5. The molecule has 0 radical (unpaired) electrons. The summed E-state index contributed by atoms with van der Waals surface area (Å²) in [7, 11) is -3.51. The minimum Gasteiger partial charge on any atom is -0.291 e. The van der Waals surface area contributed by atoms with Gasteiger partial charge in [0.1, 0.15) is 0 Å². The van der Waals surface area contributed by atoms with Crippen LogP contribution in [0.5, 0.6) is 0 Å². The topological polar surface area (TPSA) is 51.2 Å². The fourth-order valence-electron chi connectivity index (χ4n) is 1.78. The first-order chi connectivity index (χ1) is 8.30. The van der Waals surface area contributed by atoms with Gasteiger partial charge in [0, 0.05) is 11.3 Å². The summed E-state index contributed by atoms with van der Waals surface area (Å²) in [5, 5.41) is 0. The zero-order valence-electron chi connectivity index (χ0n) is 10.7. The van der Waals surface area contributed by atoms with E-state index in [-0.39, 0.29) is 18.0 Å². The maximum atomic E-state index is 12.5. The average Bonchev–Trinajstić information content (AvgIpc) is 2.37. The highest BCUT2D eigenvalue weighted by atomic mass is 79.9. The lowest BCUT2D eigenvalue weighted by molar-refractivity contribution is 0.0975. The van der Waals surface area contributed by atoms with Crippen LogP contribution >= 0.6 is 15.9 Å². The van der Waals surface area contributed by atoms with Gasteiger partial charge in [-0.05, 0) is 18.9 Å². The summed E-state index contributed by atoms with van der Waals surface area (Å²) >= 11 is 3.16. The van der Waals surface area contributed by atoms with Crippen molar-refractivity contribution in [2.75, 3.05) is 5.75 Å². The van der Waals surface area contributed by atoms with Gasteiger partial charge in [-0.25, -0.2) is 8.42 Å². The molecular weight excluding hydrogens is 316 g/mol. The van der Waals surface area contributed by atoms with Crippen LogP contribution in [-0.2, 0) is 9.84 Å². The van der Waals surface area contributed by atoms with E-state index in [2.05, 4.69) is 15.9 Å². The first-order valence-corrected chi connectivity index (χ1v) is 8.26. The third-order valence-electron chi connectivity index (χ3n) is 3.06. The normalized spacial score (nSPS) is 15.1. The molecule has 0 aliphatic rings. The van der Waals surface area contributed by atoms with Gasteiger partial charge in [-0.2, -0.15) is 0 Å². The van der Waals surface area contributed by atoms with Crippen LogP contribution in [0.15, 0.2) is 24.3 Å². The van der Waals surface area contributed by atoms with Crippen molar-refractivity contribution < 1.29 is 13.2 Å². The summed E-state index contributed by atoms with van der Waals surface area (Å²) in [5.74, 6) is -0.450. The van der Waals surface area contributed by atoms with E-state index in [4.69, 9.17) is 0 Å². The van der Waals surface area contributed by atoms with Crippen molar-refractivity contribution in [1.82, 2.24) is 0 Å². The number of hydrogen-bond donors (Lipinski definition) is 0. The molecule has 1 atom stereocenters. The molecule has 18 heavy (non-hydrogen) atoms. The number of ketones is 1. The SMILES string of the molecule is CC[C@@](Br)(C(=O)c1ccccc1C)S(=O)(=O)CC. The summed E-state index contributed by atoms with van der Waals surface area (Å²) in [6.45, 7) is 5.04. The van der Waals surface area contributed by atoms with E-state index in [1.165, 1.54) is 0 Å². The third kappa shape index (κ3) is 2.52. The molecule has 0 spiro atoms. The molecule has 0 aliphatic heterocycles. The summed E-state index contributed by atoms with van der Waals surface area (Å²) in [5.41, 5.74) is 1.24. The second kappa shape index (κ2) is 5.53. The summed E-state index contributed by atoms with van der Waals surface area (Å²) in [6, 6.07) is 7.02. The number of halogens is 1. The molecule has 3 nitrogen and oxygen atoms in total. The van der Waals surface area contributed by atoms with Gasteiger partial charge in [-0.1, -0.05) is 54.0 Å². The van der Waals surface area contributed by atoms with Crippen LogP contribution in [-0.4, -0.2) is 23.6 Å². The Kier molecular flexibility index (Phi) is 4.72. The van der Waals surface area contributed by atoms with Crippen molar-refractivity contribution in [2.45, 2.75) is 30.8 Å². The average molecular weight is 333 g/mol. The summed E-state index contributed by atoms with van der Waals surface area (Å²) in [4.78, 5) is 12.5. The predicted octanol–water partition coefficient (Wildman–Crippen LogP) is 3.11. The second-order valence-electron chi connectivity index (χ2n) is 4.13. The monoisotopic (exact) mass is 332 g/mol. The van der Waals surface area contributed by atoms with Crippen molar-refractivity contribution in [3.63, 3.8) is 0 Å². The van der Waals surface area contributed by atoms with Crippen LogP contribution < -0.4 is 0 Å². The Morgan fingerprint density at radius 2 is 1.83 bits per heavy atom. The van der Waals surface area contributed by atoms with Crippen molar-refractivity contribution in [3.8, 4) is 0 Å². The van der Waals surface area contributed by atoms with E-state index in [9.17, 15) is 13.2 Å². The van der Waals surface area contributed by atoms with Gasteiger partial charge in [0.15, 0.2) is 19.3 Å². The smallest absolute Gasteiger partial charge is 0.195 e. The minimum absolute atomic E-state index is 0.0658. The highest BCUT2D eigenvalue weighted by Gasteiger charge is 2.46. The number of carbonyl (C=O) groups excluding carboxylic acids is 1. The molecule has 1 rings (SSSR count). The van der Waals surface area contributed by atoms with Crippen molar-refractivity contribution >= 4 is 31.6 Å². The molecule has 0 N–H and O–H groups in total. The Hall–Kier alpha value is -0.680. The van der Waals surface area contributed by atoms with Gasteiger partial charge in [-0.3, -0.25) is 4.79 Å². The fraction of sp³-hybridized carbons (Fsp3) is 0.462. The molecule has 0 saturated carbocycles. The molecular formula is C13H17BrO3S. The molecule has 1 aromatic carbocycles. The number of Topliss-reactive ketones (excluding diaryl/α,β-unsaturated/α-hetero) is 1. The van der Waals surface area contributed by atoms with Gasteiger partial charge in [0.25, 0.3) is 0 Å². The van der Waals surface area contributed by atoms with Crippen molar-refractivity contribution in [3.05, 3.63) is 35.4 Å². The Balaban J connectivity index is 3.36. The molecule has 0 fully saturated rings. The van der Waals surface area contributed by atoms with E-state index < -0.39 is 13.5 Å². The Labute approximate surface area is 117 Å². The molecule has 0 heterocycles. The number of sulfone groups is 1. The summed E-state index contributed by atoms with van der Waals surface area (Å²) < 4.78 is 22.7. The second-order valence-corrected chi connectivity index (χ2v) is 8.51. The van der Waals surface area contributed by atoms with Crippen molar-refractivity contribution in [1.29, 1.82) is 0 Å². The Morgan fingerprint density at radius 1 is 1.28 bits per heavy atom. The number of hydrogen-bond acceptors (Lipinski definition) is 3. The zero-order chi connectivity index (χ0) is 14.0. The van der Waals surface area contributed by atoms with Crippen LogP contribution in [0.1, 0.15) is 36.2 Å². The fourth-order valence-corrected chi connectivity index (χ4v) is 3.97. The van der Waals surface area contributed by atoms with Crippen molar-refractivity contribution in [2.24, 2.45) is 0 Å². The van der Waals surface area contributed by atoms with Crippen LogP contribution in [0, 0.1) is 6.92 Å². The van der Waals surface area contributed by atoms with Gasteiger partial charge >= 0.3 is 0 Å². The molecule has 0 aliphatic carbocycles. The maximum Gasteiger partial charge on any atom is 0.195 e. The molecule has 5 heteroatoms. The molecule has 0 saturated heterocycles. The molecule has 0 aromatic heterocycles. The number of aryl methyl sites for hydroxylation is 1. The predicted molar refractivity (Wildman–Crippen MR) is 76.9 cm³/mol. The van der Waals surface area contributed by atoms with Crippen LogP contribution in [0.25, 0.3) is 0 Å². The molecule has 0 unspecified atom stereocenters. The Morgan fingerprint density at radius 3 is 2.28 bits per heavy atom. The number of rotatable bonds is 5. The van der Waals surface area contributed by atoms with Gasteiger partial charge in [0.2, 0.25) is 0 Å². The first kappa shape index (κ1) is 15.4. The Bertz CT molecular complexity index is 551. The van der Waals surface area contributed by atoms with Crippen LogP contribution in [0.2, 0.25) is 0 Å². The lowest BCUT2D eigenvalue weighted by Crippen LogP contribution is -2.41. The van der Waals surface area contributed by atoms with Gasteiger partial charge < -0.3 is 0 Å². The largest absolute Gasteiger partial charge is 0.291 e. The zero-order valence-corrected chi connectivity index (χ0v) is 13.1. The van der Waals surface area contributed by atoms with E-state index in [0.717, 1.165) is 5.56 Å². The first-order valence-electron chi connectivity index (χ1n) is 5.81. The molecule has 0 amide bonds. The van der Waals surface area contributed by atoms with E-state index in [1.54, 1.807) is 39.0 Å². The lowest BCUT2D eigenvalue weighted by Gasteiger charge is -2.24. The minimum atomic E-state index is -3.51.